The van der Waals surface area contributed by atoms with E-state index in [0.29, 0.717) is 28.0 Å². The highest BCUT2D eigenvalue weighted by molar-refractivity contribution is 6.40. The Hall–Kier alpha value is -0.970. The van der Waals surface area contributed by atoms with Crippen molar-refractivity contribution in [2.75, 3.05) is 24.3 Å². The third-order valence-corrected chi connectivity index (χ3v) is 4.29. The number of carbonyl (C=O) groups is 1. The number of benzene rings is 1. The van der Waals surface area contributed by atoms with E-state index in [9.17, 15) is 4.79 Å². The molecule has 3 N–H and O–H groups in total. The molecule has 0 atom stereocenters. The van der Waals surface area contributed by atoms with Gasteiger partial charge in [-0.3, -0.25) is 4.79 Å². The van der Waals surface area contributed by atoms with Crippen LogP contribution in [0, 0.1) is 5.92 Å². The second-order valence-corrected chi connectivity index (χ2v) is 6.17. The molecule has 2 rings (SSSR count). The molecule has 0 aliphatic heterocycles. The van der Waals surface area contributed by atoms with Crippen LogP contribution in [-0.4, -0.2) is 19.1 Å². The minimum atomic E-state index is -0.174. The zero-order valence-corrected chi connectivity index (χ0v) is 13.3. The van der Waals surface area contributed by atoms with Crippen molar-refractivity contribution in [1.82, 2.24) is 0 Å². The normalized spacial score (nSPS) is 14.8. The predicted molar refractivity (Wildman–Crippen MR) is 86.9 cm³/mol. The van der Waals surface area contributed by atoms with Gasteiger partial charge in [0.15, 0.2) is 0 Å². The Bertz CT molecular complexity index is 481. The summed E-state index contributed by atoms with van der Waals surface area (Å²) in [5.41, 5.74) is 6.47. The van der Waals surface area contributed by atoms with E-state index < -0.39 is 0 Å². The SMILES string of the molecule is Nc1cc(Cl)c(NC(=O)CCOCCC2CCC2)c(Cl)c1. The van der Waals surface area contributed by atoms with Crippen LogP contribution >= 0.6 is 23.2 Å². The number of ether oxygens (including phenoxy) is 1. The molecule has 0 spiro atoms. The molecule has 0 unspecified atom stereocenters. The zero-order chi connectivity index (χ0) is 15.2. The van der Waals surface area contributed by atoms with E-state index in [1.807, 2.05) is 0 Å². The van der Waals surface area contributed by atoms with Crippen molar-refractivity contribution < 1.29 is 9.53 Å². The predicted octanol–water partition coefficient (Wildman–Crippen LogP) is 4.11. The summed E-state index contributed by atoms with van der Waals surface area (Å²) in [5.74, 6) is 0.651. The fourth-order valence-corrected chi connectivity index (χ4v) is 2.81. The number of nitrogens with two attached hydrogens (primary N) is 1. The van der Waals surface area contributed by atoms with Gasteiger partial charge in [0.1, 0.15) is 0 Å². The Morgan fingerprint density at radius 3 is 2.52 bits per heavy atom. The number of amides is 1. The Labute approximate surface area is 134 Å². The molecule has 1 amide bonds. The van der Waals surface area contributed by atoms with Crippen LogP contribution < -0.4 is 11.1 Å². The fraction of sp³-hybridized carbons (Fsp3) is 0.533. The van der Waals surface area contributed by atoms with E-state index in [4.69, 9.17) is 33.7 Å². The summed E-state index contributed by atoms with van der Waals surface area (Å²) < 4.78 is 5.48. The third-order valence-electron chi connectivity index (χ3n) is 3.70. The quantitative estimate of drug-likeness (QED) is 0.584. The number of anilines is 2. The molecule has 6 heteroatoms. The summed E-state index contributed by atoms with van der Waals surface area (Å²) >= 11 is 12.0. The van der Waals surface area contributed by atoms with Crippen LogP contribution in [0.1, 0.15) is 32.1 Å². The van der Waals surface area contributed by atoms with E-state index in [0.717, 1.165) is 18.9 Å². The number of nitrogens with one attached hydrogen (secondary N) is 1. The molecule has 0 bridgehead atoms. The van der Waals surface area contributed by atoms with E-state index in [1.165, 1.54) is 19.3 Å². The van der Waals surface area contributed by atoms with Crippen LogP contribution in [0.15, 0.2) is 12.1 Å². The number of halogens is 2. The average molecular weight is 331 g/mol. The van der Waals surface area contributed by atoms with Crippen LogP contribution in [-0.2, 0) is 9.53 Å². The van der Waals surface area contributed by atoms with Crippen molar-refractivity contribution in [2.45, 2.75) is 32.1 Å². The monoisotopic (exact) mass is 330 g/mol. The van der Waals surface area contributed by atoms with Crippen LogP contribution in [0.5, 0.6) is 0 Å². The van der Waals surface area contributed by atoms with E-state index in [2.05, 4.69) is 5.32 Å². The van der Waals surface area contributed by atoms with Crippen molar-refractivity contribution in [3.05, 3.63) is 22.2 Å². The molecule has 0 radical (unpaired) electrons. The van der Waals surface area contributed by atoms with Crippen molar-refractivity contribution in [3.8, 4) is 0 Å². The number of hydrogen-bond donors (Lipinski definition) is 2. The van der Waals surface area contributed by atoms with Gasteiger partial charge < -0.3 is 15.8 Å². The lowest BCUT2D eigenvalue weighted by atomic mass is 9.83. The second kappa shape index (κ2) is 7.87. The van der Waals surface area contributed by atoms with Crippen LogP contribution in [0.4, 0.5) is 11.4 Å². The standard InChI is InChI=1S/C15H20Cl2N2O2/c16-12-8-11(18)9-13(17)15(12)19-14(20)5-7-21-6-4-10-2-1-3-10/h8-10H,1-7,18H2,(H,19,20). The Balaban J connectivity index is 1.69. The summed E-state index contributed by atoms with van der Waals surface area (Å²) in [6.07, 6.45) is 5.35. The highest BCUT2D eigenvalue weighted by atomic mass is 35.5. The van der Waals surface area contributed by atoms with Crippen molar-refractivity contribution in [1.29, 1.82) is 0 Å². The number of carbonyl (C=O) groups excluding carboxylic acids is 1. The van der Waals surface area contributed by atoms with Gasteiger partial charge in [-0.15, -0.1) is 0 Å². The number of rotatable bonds is 7. The summed E-state index contributed by atoms with van der Waals surface area (Å²) in [6, 6.07) is 3.11. The van der Waals surface area contributed by atoms with Gasteiger partial charge in [-0.05, 0) is 24.5 Å². The largest absolute Gasteiger partial charge is 0.399 e. The molecule has 1 aliphatic carbocycles. The van der Waals surface area contributed by atoms with Crippen LogP contribution in [0.2, 0.25) is 10.0 Å². The number of hydrogen-bond acceptors (Lipinski definition) is 3. The van der Waals surface area contributed by atoms with Gasteiger partial charge >= 0.3 is 0 Å². The highest BCUT2D eigenvalue weighted by Gasteiger charge is 2.16. The molecule has 0 aromatic heterocycles. The fourth-order valence-electron chi connectivity index (χ4n) is 2.21. The maximum absolute atomic E-state index is 11.8. The molecule has 1 fully saturated rings. The minimum Gasteiger partial charge on any atom is -0.399 e. The van der Waals surface area contributed by atoms with Crippen molar-refractivity contribution in [3.63, 3.8) is 0 Å². The molecule has 116 valence electrons. The molecular formula is C15H20Cl2N2O2. The Morgan fingerprint density at radius 2 is 1.95 bits per heavy atom. The van der Waals surface area contributed by atoms with Gasteiger partial charge in [0.2, 0.25) is 5.91 Å². The lowest BCUT2D eigenvalue weighted by Crippen LogP contribution is -2.17. The molecule has 1 aromatic rings. The van der Waals surface area contributed by atoms with Gasteiger partial charge in [0.25, 0.3) is 0 Å². The summed E-state index contributed by atoms with van der Waals surface area (Å²) in [6.45, 7) is 1.13. The minimum absolute atomic E-state index is 0.174. The molecular weight excluding hydrogens is 311 g/mol. The van der Waals surface area contributed by atoms with Crippen LogP contribution in [0.25, 0.3) is 0 Å². The summed E-state index contributed by atoms with van der Waals surface area (Å²) in [4.78, 5) is 11.8. The first-order chi connectivity index (χ1) is 10.1. The topological polar surface area (TPSA) is 64.3 Å². The molecule has 21 heavy (non-hydrogen) atoms. The molecule has 0 saturated heterocycles. The lowest BCUT2D eigenvalue weighted by Gasteiger charge is -2.24. The smallest absolute Gasteiger partial charge is 0.226 e. The first kappa shape index (κ1) is 16.4. The Morgan fingerprint density at radius 1 is 1.29 bits per heavy atom. The Kier molecular flexibility index (Phi) is 6.15. The van der Waals surface area contributed by atoms with Gasteiger partial charge in [0, 0.05) is 12.3 Å². The van der Waals surface area contributed by atoms with Crippen molar-refractivity contribution in [2.24, 2.45) is 5.92 Å². The molecule has 1 aromatic carbocycles. The molecule has 1 aliphatic rings. The first-order valence-electron chi connectivity index (χ1n) is 7.18. The van der Waals surface area contributed by atoms with E-state index in [-0.39, 0.29) is 12.3 Å². The van der Waals surface area contributed by atoms with Gasteiger partial charge in [-0.1, -0.05) is 42.5 Å². The molecule has 4 nitrogen and oxygen atoms in total. The van der Waals surface area contributed by atoms with Crippen molar-refractivity contribution >= 4 is 40.5 Å². The van der Waals surface area contributed by atoms with E-state index in [1.54, 1.807) is 12.1 Å². The average Bonchev–Trinajstić information content (AvgIpc) is 2.35. The van der Waals surface area contributed by atoms with Gasteiger partial charge in [-0.25, -0.2) is 0 Å². The highest BCUT2D eigenvalue weighted by Crippen LogP contribution is 2.33. The van der Waals surface area contributed by atoms with Crippen LogP contribution in [0.3, 0.4) is 0 Å². The molecule has 1 saturated carbocycles. The summed E-state index contributed by atoms with van der Waals surface area (Å²) in [5, 5.41) is 3.35. The van der Waals surface area contributed by atoms with E-state index >= 15 is 0 Å². The maximum atomic E-state index is 11.8. The lowest BCUT2D eigenvalue weighted by molar-refractivity contribution is -0.117. The van der Waals surface area contributed by atoms with Gasteiger partial charge in [0.05, 0.1) is 28.8 Å². The third kappa shape index (κ3) is 5.06. The summed E-state index contributed by atoms with van der Waals surface area (Å²) in [7, 11) is 0. The second-order valence-electron chi connectivity index (χ2n) is 5.36. The van der Waals surface area contributed by atoms with Gasteiger partial charge in [-0.2, -0.15) is 0 Å². The molecule has 0 heterocycles. The maximum Gasteiger partial charge on any atom is 0.226 e. The zero-order valence-electron chi connectivity index (χ0n) is 11.8. The first-order valence-corrected chi connectivity index (χ1v) is 7.94. The number of nitrogen functional groups attached to an aromatic ring is 1.